The van der Waals surface area contributed by atoms with Crippen LogP contribution >= 0.6 is 11.6 Å². The number of nitrogens with zero attached hydrogens (tertiary/aromatic N) is 4. The first-order chi connectivity index (χ1) is 13.0. The van der Waals surface area contributed by atoms with Gasteiger partial charge in [0.25, 0.3) is 0 Å². The molecule has 0 spiro atoms. The molecular formula is C16H11ClN4O5S. The fourth-order valence-corrected chi connectivity index (χ4v) is 2.60. The van der Waals surface area contributed by atoms with E-state index in [0.29, 0.717) is 16.0 Å². The van der Waals surface area contributed by atoms with Gasteiger partial charge in [-0.25, -0.2) is 9.97 Å². The Morgan fingerprint density at radius 3 is 2.41 bits per heavy atom. The van der Waals surface area contributed by atoms with Crippen molar-refractivity contribution in [3.8, 4) is 28.6 Å². The summed E-state index contributed by atoms with van der Waals surface area (Å²) < 4.78 is 37.1. The van der Waals surface area contributed by atoms with Crippen LogP contribution < -0.4 is 14.2 Å². The summed E-state index contributed by atoms with van der Waals surface area (Å²) in [6.07, 6.45) is 2.49. The van der Waals surface area contributed by atoms with Gasteiger partial charge in [0, 0.05) is 17.7 Å². The second-order valence-electron chi connectivity index (χ2n) is 5.00. The maximum Gasteiger partial charge on any atom is 0.318 e. The summed E-state index contributed by atoms with van der Waals surface area (Å²) in [5.74, 6) is 0.317. The zero-order valence-corrected chi connectivity index (χ0v) is 15.3. The Bertz CT molecular complexity index is 1110. The molecule has 1 aromatic carbocycles. The van der Waals surface area contributed by atoms with Gasteiger partial charge < -0.3 is 14.7 Å². The SMILES string of the molecule is COc1ccccc1Oc1c(Cl)nc(-c2cc[n+]([O-])cc2)nc1N=S(=O)=O. The molecule has 0 saturated heterocycles. The first kappa shape index (κ1) is 18.5. The van der Waals surface area contributed by atoms with E-state index in [2.05, 4.69) is 14.3 Å². The smallest absolute Gasteiger partial charge is 0.318 e. The van der Waals surface area contributed by atoms with Crippen molar-refractivity contribution in [1.29, 1.82) is 0 Å². The van der Waals surface area contributed by atoms with E-state index < -0.39 is 10.5 Å². The summed E-state index contributed by atoms with van der Waals surface area (Å²) in [7, 11) is -1.35. The molecule has 0 fully saturated rings. The monoisotopic (exact) mass is 406 g/mol. The number of aromatic nitrogens is 3. The van der Waals surface area contributed by atoms with Crippen molar-refractivity contribution in [1.82, 2.24) is 9.97 Å². The van der Waals surface area contributed by atoms with Gasteiger partial charge in [0.1, 0.15) is 0 Å². The van der Waals surface area contributed by atoms with E-state index in [1.54, 1.807) is 24.3 Å². The number of halogens is 1. The molecule has 0 aliphatic rings. The van der Waals surface area contributed by atoms with Crippen molar-refractivity contribution in [3.05, 3.63) is 59.2 Å². The lowest BCUT2D eigenvalue weighted by atomic mass is 10.2. The van der Waals surface area contributed by atoms with E-state index in [4.69, 9.17) is 21.1 Å². The third-order valence-corrected chi connectivity index (χ3v) is 3.89. The number of hydrogen-bond donors (Lipinski definition) is 0. The first-order valence-electron chi connectivity index (χ1n) is 7.36. The van der Waals surface area contributed by atoms with Gasteiger partial charge in [0.2, 0.25) is 11.6 Å². The lowest BCUT2D eigenvalue weighted by Gasteiger charge is -2.12. The number of benzene rings is 1. The van der Waals surface area contributed by atoms with Crippen LogP contribution in [0.1, 0.15) is 0 Å². The molecule has 0 saturated carbocycles. The second kappa shape index (κ2) is 7.98. The van der Waals surface area contributed by atoms with E-state index in [9.17, 15) is 13.6 Å². The number of pyridine rings is 1. The Morgan fingerprint density at radius 1 is 1.11 bits per heavy atom. The highest BCUT2D eigenvalue weighted by molar-refractivity contribution is 7.61. The van der Waals surface area contributed by atoms with Crippen LogP contribution in [-0.2, 0) is 10.5 Å². The third kappa shape index (κ3) is 4.30. The lowest BCUT2D eigenvalue weighted by Crippen LogP contribution is -2.23. The molecule has 27 heavy (non-hydrogen) atoms. The molecule has 3 aromatic rings. The minimum absolute atomic E-state index is 0.0807. The Hall–Kier alpha value is -3.24. The molecule has 2 heterocycles. The molecule has 9 nitrogen and oxygen atoms in total. The van der Waals surface area contributed by atoms with Crippen LogP contribution in [0.5, 0.6) is 17.2 Å². The summed E-state index contributed by atoms with van der Waals surface area (Å²) >= 11 is 6.20. The standard InChI is InChI=1S/C16H11ClN4O5S/c1-25-11-4-2-3-5-12(11)26-13-14(17)18-15(19-16(13)20-27(23)24)10-6-8-21(22)9-7-10/h2-9H,1H3. The van der Waals surface area contributed by atoms with E-state index in [-0.39, 0.29) is 28.3 Å². The fraction of sp³-hybridized carbons (Fsp3) is 0.0625. The fourth-order valence-electron chi connectivity index (χ4n) is 2.14. The Balaban J connectivity index is 2.13. The summed E-state index contributed by atoms with van der Waals surface area (Å²) in [5.41, 5.74) is 0.445. The number of methoxy groups -OCH3 is 1. The maximum absolute atomic E-state index is 11.2. The highest BCUT2D eigenvalue weighted by Gasteiger charge is 2.19. The van der Waals surface area contributed by atoms with Gasteiger partial charge in [-0.2, -0.15) is 13.1 Å². The second-order valence-corrected chi connectivity index (χ2v) is 5.97. The normalized spacial score (nSPS) is 10.3. The van der Waals surface area contributed by atoms with E-state index in [0.717, 1.165) is 0 Å². The van der Waals surface area contributed by atoms with Crippen LogP contribution in [0.3, 0.4) is 0 Å². The van der Waals surface area contributed by atoms with Crippen LogP contribution in [0, 0.1) is 5.21 Å². The topological polar surface area (TPSA) is 118 Å². The average Bonchev–Trinajstić information content (AvgIpc) is 2.64. The number of ether oxygens (including phenoxy) is 2. The molecule has 0 aliphatic carbocycles. The van der Waals surface area contributed by atoms with Crippen molar-refractivity contribution in [2.75, 3.05) is 7.11 Å². The van der Waals surface area contributed by atoms with Crippen LogP contribution in [0.2, 0.25) is 5.15 Å². The quantitative estimate of drug-likeness (QED) is 0.363. The predicted octanol–water partition coefficient (Wildman–Crippen LogP) is 2.93. The molecule has 3 rings (SSSR count). The van der Waals surface area contributed by atoms with Crippen LogP contribution in [-0.4, -0.2) is 25.5 Å². The van der Waals surface area contributed by atoms with Crippen molar-refractivity contribution < 1.29 is 22.6 Å². The van der Waals surface area contributed by atoms with Crippen molar-refractivity contribution >= 4 is 27.9 Å². The van der Waals surface area contributed by atoms with E-state index in [1.165, 1.54) is 31.6 Å². The molecule has 0 N–H and O–H groups in total. The third-order valence-electron chi connectivity index (χ3n) is 3.31. The molecule has 2 aromatic heterocycles. The van der Waals surface area contributed by atoms with Gasteiger partial charge in [0.05, 0.1) is 7.11 Å². The molecule has 0 unspecified atom stereocenters. The predicted molar refractivity (Wildman–Crippen MR) is 95.5 cm³/mol. The van der Waals surface area contributed by atoms with E-state index >= 15 is 0 Å². The van der Waals surface area contributed by atoms with Crippen molar-refractivity contribution in [2.24, 2.45) is 4.36 Å². The first-order valence-corrected chi connectivity index (χ1v) is 8.77. The van der Waals surface area contributed by atoms with Gasteiger partial charge in [0.15, 0.2) is 34.9 Å². The molecule has 0 aliphatic heterocycles. The van der Waals surface area contributed by atoms with Gasteiger partial charge >= 0.3 is 10.5 Å². The molecule has 0 radical (unpaired) electrons. The van der Waals surface area contributed by atoms with Crippen LogP contribution in [0.4, 0.5) is 5.82 Å². The number of rotatable bonds is 5. The molecule has 11 heteroatoms. The molecule has 0 amide bonds. The van der Waals surface area contributed by atoms with Gasteiger partial charge in [-0.05, 0) is 12.1 Å². The minimum Gasteiger partial charge on any atom is -0.619 e. The van der Waals surface area contributed by atoms with E-state index in [1.807, 2.05) is 0 Å². The Kier molecular flexibility index (Phi) is 5.48. The number of para-hydroxylation sites is 2. The molecule has 0 bridgehead atoms. The highest BCUT2D eigenvalue weighted by atomic mass is 35.5. The maximum atomic E-state index is 11.2. The summed E-state index contributed by atoms with van der Waals surface area (Å²) in [5, 5.41) is 11.0. The van der Waals surface area contributed by atoms with Gasteiger partial charge in [-0.1, -0.05) is 23.7 Å². The van der Waals surface area contributed by atoms with Crippen molar-refractivity contribution in [3.63, 3.8) is 0 Å². The van der Waals surface area contributed by atoms with Crippen molar-refractivity contribution in [2.45, 2.75) is 0 Å². The molecule has 0 atom stereocenters. The van der Waals surface area contributed by atoms with Gasteiger partial charge in [-0.3, -0.25) is 0 Å². The highest BCUT2D eigenvalue weighted by Crippen LogP contribution is 2.40. The Morgan fingerprint density at radius 2 is 1.78 bits per heavy atom. The zero-order chi connectivity index (χ0) is 19.4. The van der Waals surface area contributed by atoms with Crippen LogP contribution in [0.15, 0.2) is 53.2 Å². The molecular weight excluding hydrogens is 396 g/mol. The Labute approximate surface area is 160 Å². The lowest BCUT2D eigenvalue weighted by molar-refractivity contribution is -0.605. The minimum atomic E-state index is -2.81. The summed E-state index contributed by atoms with van der Waals surface area (Å²) in [4.78, 5) is 8.20. The summed E-state index contributed by atoms with van der Waals surface area (Å²) in [6.45, 7) is 0. The molecule has 138 valence electrons. The van der Waals surface area contributed by atoms with Gasteiger partial charge in [-0.15, -0.1) is 4.36 Å². The zero-order valence-electron chi connectivity index (χ0n) is 13.7. The summed E-state index contributed by atoms with van der Waals surface area (Å²) in [6, 6.07) is 9.61. The number of hydrogen-bond acceptors (Lipinski definition) is 8. The average molecular weight is 407 g/mol. The largest absolute Gasteiger partial charge is 0.619 e. The van der Waals surface area contributed by atoms with Crippen LogP contribution in [0.25, 0.3) is 11.4 Å².